The lowest BCUT2D eigenvalue weighted by molar-refractivity contribution is 0.805. The smallest absolute Gasteiger partial charge is 0.106 e. The fourth-order valence-corrected chi connectivity index (χ4v) is 1.29. The predicted molar refractivity (Wildman–Crippen MR) is 50.9 cm³/mol. The summed E-state index contributed by atoms with van der Waals surface area (Å²) in [5, 5.41) is 2.78. The van der Waals surface area contributed by atoms with E-state index < -0.39 is 0 Å². The van der Waals surface area contributed by atoms with Gasteiger partial charge in [0.1, 0.15) is 4.60 Å². The second-order valence-electron chi connectivity index (χ2n) is 2.41. The Morgan fingerprint density at radius 1 is 1.50 bits per heavy atom. The molecule has 64 valence electrons. The maximum absolute atomic E-state index is 9.78. The second kappa shape index (κ2) is 4.98. The molecular weight excluding hydrogens is 220 g/mol. The zero-order valence-electron chi connectivity index (χ0n) is 6.53. The molecule has 0 atom stereocenters. The van der Waals surface area contributed by atoms with Crippen LogP contribution in [0.3, 0.4) is 0 Å². The van der Waals surface area contributed by atoms with Gasteiger partial charge in [0.15, 0.2) is 0 Å². The molecule has 0 saturated carbocycles. The van der Waals surface area contributed by atoms with Gasteiger partial charge in [-0.3, -0.25) is 0 Å². The van der Waals surface area contributed by atoms with Gasteiger partial charge in [0.2, 0.25) is 0 Å². The SMILES string of the molecule is O=NCCCc1cccc(Br)n1. The number of hydrogen-bond acceptors (Lipinski definition) is 3. The van der Waals surface area contributed by atoms with E-state index in [4.69, 9.17) is 0 Å². The summed E-state index contributed by atoms with van der Waals surface area (Å²) in [5.74, 6) is 0. The van der Waals surface area contributed by atoms with Gasteiger partial charge in [-0.1, -0.05) is 11.2 Å². The molecule has 0 fully saturated rings. The summed E-state index contributed by atoms with van der Waals surface area (Å²) in [4.78, 5) is 14.0. The van der Waals surface area contributed by atoms with Crippen molar-refractivity contribution in [3.63, 3.8) is 0 Å². The van der Waals surface area contributed by atoms with Crippen molar-refractivity contribution in [1.29, 1.82) is 0 Å². The Bertz CT molecular complexity index is 265. The van der Waals surface area contributed by atoms with Gasteiger partial charge in [0.05, 0.1) is 6.54 Å². The highest BCUT2D eigenvalue weighted by Gasteiger charge is 1.94. The Morgan fingerprint density at radius 3 is 3.00 bits per heavy atom. The summed E-state index contributed by atoms with van der Waals surface area (Å²) in [7, 11) is 0. The molecule has 0 aliphatic rings. The standard InChI is InChI=1S/C8H9BrN2O/c9-8-5-1-3-7(11-8)4-2-6-10-12/h1,3,5H,2,4,6H2. The molecule has 0 radical (unpaired) electrons. The van der Waals surface area contributed by atoms with Crippen molar-refractivity contribution in [3.8, 4) is 0 Å². The van der Waals surface area contributed by atoms with Crippen LogP contribution >= 0.6 is 15.9 Å². The summed E-state index contributed by atoms with van der Waals surface area (Å²) in [6, 6.07) is 5.75. The van der Waals surface area contributed by atoms with Crippen LogP contribution in [0.4, 0.5) is 0 Å². The van der Waals surface area contributed by atoms with Crippen molar-refractivity contribution < 1.29 is 0 Å². The summed E-state index contributed by atoms with van der Waals surface area (Å²) in [6.07, 6.45) is 1.58. The minimum atomic E-state index is 0.369. The molecule has 1 aromatic heterocycles. The Balaban J connectivity index is 2.46. The van der Waals surface area contributed by atoms with Crippen molar-refractivity contribution in [3.05, 3.63) is 33.4 Å². The van der Waals surface area contributed by atoms with Gasteiger partial charge < -0.3 is 0 Å². The molecule has 1 aromatic rings. The van der Waals surface area contributed by atoms with E-state index in [2.05, 4.69) is 26.1 Å². The van der Waals surface area contributed by atoms with E-state index in [-0.39, 0.29) is 0 Å². The van der Waals surface area contributed by atoms with Crippen molar-refractivity contribution in [2.24, 2.45) is 5.18 Å². The van der Waals surface area contributed by atoms with Crippen molar-refractivity contribution in [2.75, 3.05) is 6.54 Å². The van der Waals surface area contributed by atoms with Crippen LogP contribution in [-0.4, -0.2) is 11.5 Å². The molecule has 0 aliphatic carbocycles. The number of aromatic nitrogens is 1. The number of nitroso groups, excluding NO2 is 1. The van der Waals surface area contributed by atoms with Crippen LogP contribution in [0.25, 0.3) is 0 Å². The molecule has 0 aromatic carbocycles. The lowest BCUT2D eigenvalue weighted by atomic mass is 10.2. The fourth-order valence-electron chi connectivity index (χ4n) is 0.914. The van der Waals surface area contributed by atoms with E-state index in [0.717, 1.165) is 23.1 Å². The predicted octanol–water partition coefficient (Wildman–Crippen LogP) is 2.54. The van der Waals surface area contributed by atoms with Gasteiger partial charge in [-0.2, -0.15) is 4.91 Å². The molecule has 3 nitrogen and oxygen atoms in total. The van der Waals surface area contributed by atoms with E-state index in [0.29, 0.717) is 6.54 Å². The molecule has 0 aliphatic heterocycles. The minimum absolute atomic E-state index is 0.369. The molecule has 1 rings (SSSR count). The van der Waals surface area contributed by atoms with E-state index >= 15 is 0 Å². The first-order valence-electron chi connectivity index (χ1n) is 3.73. The number of hydrogen-bond donors (Lipinski definition) is 0. The lowest BCUT2D eigenvalue weighted by Crippen LogP contribution is -1.91. The molecule has 0 saturated heterocycles. The number of nitrogens with zero attached hydrogens (tertiary/aromatic N) is 2. The number of rotatable bonds is 4. The average Bonchev–Trinajstić information content (AvgIpc) is 2.05. The maximum Gasteiger partial charge on any atom is 0.106 e. The lowest BCUT2D eigenvalue weighted by Gasteiger charge is -1.97. The average molecular weight is 229 g/mol. The summed E-state index contributed by atoms with van der Waals surface area (Å²) in [6.45, 7) is 0.369. The van der Waals surface area contributed by atoms with Crippen molar-refractivity contribution in [1.82, 2.24) is 4.98 Å². The summed E-state index contributed by atoms with van der Waals surface area (Å²) >= 11 is 3.27. The normalized spacial score (nSPS) is 9.75. The molecule has 1 heterocycles. The zero-order chi connectivity index (χ0) is 8.81. The molecule has 4 heteroatoms. The van der Waals surface area contributed by atoms with Crippen LogP contribution in [0.1, 0.15) is 12.1 Å². The van der Waals surface area contributed by atoms with Crippen LogP contribution in [0, 0.1) is 4.91 Å². The largest absolute Gasteiger partial charge is 0.246 e. The Morgan fingerprint density at radius 2 is 2.33 bits per heavy atom. The van der Waals surface area contributed by atoms with Gasteiger partial charge in [-0.15, -0.1) is 0 Å². The second-order valence-corrected chi connectivity index (χ2v) is 3.22. The quantitative estimate of drug-likeness (QED) is 0.452. The Hall–Kier alpha value is -0.770. The molecule has 0 N–H and O–H groups in total. The fraction of sp³-hybridized carbons (Fsp3) is 0.375. The third kappa shape index (κ3) is 3.09. The summed E-state index contributed by atoms with van der Waals surface area (Å²) in [5.41, 5.74) is 0.994. The number of aryl methyl sites for hydroxylation is 1. The van der Waals surface area contributed by atoms with Crippen LogP contribution < -0.4 is 0 Å². The van der Waals surface area contributed by atoms with Gasteiger partial charge in [-0.25, -0.2) is 4.98 Å². The highest BCUT2D eigenvalue weighted by molar-refractivity contribution is 9.10. The highest BCUT2D eigenvalue weighted by Crippen LogP contribution is 2.07. The first-order valence-corrected chi connectivity index (χ1v) is 4.53. The first kappa shape index (κ1) is 9.32. The van der Waals surface area contributed by atoms with Crippen LogP contribution in [0.2, 0.25) is 0 Å². The third-order valence-electron chi connectivity index (χ3n) is 1.46. The molecule has 0 spiro atoms. The summed E-state index contributed by atoms with van der Waals surface area (Å²) < 4.78 is 0.832. The van der Waals surface area contributed by atoms with Gasteiger partial charge in [-0.05, 0) is 40.9 Å². The number of halogens is 1. The topological polar surface area (TPSA) is 42.3 Å². The van der Waals surface area contributed by atoms with Crippen molar-refractivity contribution >= 4 is 15.9 Å². The molecular formula is C8H9BrN2O. The van der Waals surface area contributed by atoms with Gasteiger partial charge >= 0.3 is 0 Å². The van der Waals surface area contributed by atoms with E-state index in [9.17, 15) is 4.91 Å². The molecule has 0 amide bonds. The van der Waals surface area contributed by atoms with Crippen LogP contribution in [0.5, 0.6) is 0 Å². The van der Waals surface area contributed by atoms with Crippen LogP contribution in [-0.2, 0) is 6.42 Å². The van der Waals surface area contributed by atoms with Gasteiger partial charge in [0.25, 0.3) is 0 Å². The Labute approximate surface area is 79.3 Å². The molecule has 12 heavy (non-hydrogen) atoms. The van der Waals surface area contributed by atoms with Gasteiger partial charge in [0, 0.05) is 5.69 Å². The van der Waals surface area contributed by atoms with Crippen LogP contribution in [0.15, 0.2) is 28.0 Å². The third-order valence-corrected chi connectivity index (χ3v) is 1.90. The zero-order valence-corrected chi connectivity index (χ0v) is 8.12. The van der Waals surface area contributed by atoms with E-state index in [1.807, 2.05) is 18.2 Å². The maximum atomic E-state index is 9.78. The van der Waals surface area contributed by atoms with Crippen molar-refractivity contribution in [2.45, 2.75) is 12.8 Å². The number of pyridine rings is 1. The minimum Gasteiger partial charge on any atom is -0.246 e. The monoisotopic (exact) mass is 228 g/mol. The molecule has 0 bridgehead atoms. The first-order chi connectivity index (χ1) is 5.83. The highest BCUT2D eigenvalue weighted by atomic mass is 79.9. The van der Waals surface area contributed by atoms with E-state index in [1.54, 1.807) is 0 Å². The van der Waals surface area contributed by atoms with E-state index in [1.165, 1.54) is 0 Å². The molecule has 0 unspecified atom stereocenters. The Kier molecular flexibility index (Phi) is 3.87.